The third kappa shape index (κ3) is 2.20. The summed E-state index contributed by atoms with van der Waals surface area (Å²) in [5.41, 5.74) is 2.75. The van der Waals surface area contributed by atoms with E-state index in [1.165, 1.54) is 0 Å². The lowest BCUT2D eigenvalue weighted by Crippen LogP contribution is -2.25. The zero-order valence-electron chi connectivity index (χ0n) is 12.9. The van der Waals surface area contributed by atoms with Crippen molar-refractivity contribution < 1.29 is 9.94 Å². The van der Waals surface area contributed by atoms with Crippen LogP contribution in [-0.2, 0) is 4.84 Å². The van der Waals surface area contributed by atoms with Gasteiger partial charge in [-0.15, -0.1) is 0 Å². The molecule has 1 saturated heterocycles. The highest BCUT2D eigenvalue weighted by Gasteiger charge is 2.60. The highest BCUT2D eigenvalue weighted by atomic mass is 16.9. The molecule has 1 N–H and O–H groups in total. The Hall–Kier alpha value is -2.51. The number of benzene rings is 1. The lowest BCUT2D eigenvalue weighted by molar-refractivity contribution is 0.230. The van der Waals surface area contributed by atoms with Crippen molar-refractivity contribution in [1.29, 1.82) is 5.26 Å². The average Bonchev–Trinajstić information content (AvgIpc) is 3.23. The molecule has 0 aliphatic carbocycles. The number of nitriles is 1. The second-order valence-electron chi connectivity index (χ2n) is 5.91. The molecular weight excluding hydrogens is 276 g/mol. The minimum Gasteiger partial charge on any atom is -0.508 e. The number of phenols is 1. The van der Waals surface area contributed by atoms with Gasteiger partial charge in [-0.3, -0.25) is 0 Å². The summed E-state index contributed by atoms with van der Waals surface area (Å²) in [6, 6.07) is 7.04. The van der Waals surface area contributed by atoms with Gasteiger partial charge in [-0.1, -0.05) is 17.7 Å². The fourth-order valence-electron chi connectivity index (χ4n) is 2.89. The van der Waals surface area contributed by atoms with Crippen LogP contribution in [0.5, 0.6) is 5.75 Å². The summed E-state index contributed by atoms with van der Waals surface area (Å²) in [7, 11) is 0. The van der Waals surface area contributed by atoms with Crippen LogP contribution in [-0.4, -0.2) is 15.9 Å². The molecule has 0 spiro atoms. The second-order valence-corrected chi connectivity index (χ2v) is 5.91. The van der Waals surface area contributed by atoms with Crippen LogP contribution in [0.3, 0.4) is 0 Å². The summed E-state index contributed by atoms with van der Waals surface area (Å²) in [6.45, 7) is 6.00. The summed E-state index contributed by atoms with van der Waals surface area (Å²) in [5, 5.41) is 21.3. The smallest absolute Gasteiger partial charge is 0.220 e. The third-order valence-electron chi connectivity index (χ3n) is 3.95. The molecule has 1 aromatic rings. The van der Waals surface area contributed by atoms with Crippen molar-refractivity contribution in [2.24, 2.45) is 0 Å². The normalized spacial score (nSPS) is 23.2. The predicted octanol–water partition coefficient (Wildman–Crippen LogP) is 3.73. The molecule has 3 rings (SSSR count). The van der Waals surface area contributed by atoms with E-state index in [1.54, 1.807) is 18.2 Å². The molecule has 2 aliphatic rings. The van der Waals surface area contributed by atoms with Crippen molar-refractivity contribution in [3.05, 3.63) is 64.9 Å². The zero-order valence-corrected chi connectivity index (χ0v) is 12.9. The highest BCUT2D eigenvalue weighted by molar-refractivity contribution is 5.48. The fourth-order valence-corrected chi connectivity index (χ4v) is 2.89. The van der Waals surface area contributed by atoms with Crippen molar-refractivity contribution in [3.63, 3.8) is 0 Å². The van der Waals surface area contributed by atoms with E-state index in [0.717, 1.165) is 11.3 Å². The maximum absolute atomic E-state index is 10.3. The molecule has 2 atom stereocenters. The van der Waals surface area contributed by atoms with Crippen LogP contribution < -0.4 is 0 Å². The molecule has 4 heteroatoms. The van der Waals surface area contributed by atoms with Crippen LogP contribution in [0.2, 0.25) is 0 Å². The summed E-state index contributed by atoms with van der Waals surface area (Å²) in [6.07, 6.45) is 8.01. The number of rotatable bonds is 3. The van der Waals surface area contributed by atoms with Gasteiger partial charge in [0.2, 0.25) is 5.72 Å². The molecule has 22 heavy (non-hydrogen) atoms. The van der Waals surface area contributed by atoms with E-state index in [1.807, 2.05) is 44.1 Å². The molecule has 1 aromatic carbocycles. The van der Waals surface area contributed by atoms with E-state index < -0.39 is 5.72 Å². The Bertz CT molecular complexity index is 751. The molecule has 0 amide bonds. The Morgan fingerprint density at radius 1 is 1.45 bits per heavy atom. The number of hydrogen-bond donors (Lipinski definition) is 1. The van der Waals surface area contributed by atoms with E-state index in [4.69, 9.17) is 10.1 Å². The topological polar surface area (TPSA) is 59.6 Å². The first-order valence-corrected chi connectivity index (χ1v) is 7.21. The van der Waals surface area contributed by atoms with Gasteiger partial charge < -0.3 is 5.11 Å². The van der Waals surface area contributed by atoms with Crippen LogP contribution in [0.1, 0.15) is 37.8 Å². The number of allylic oxidation sites excluding steroid dienone is 4. The van der Waals surface area contributed by atoms with Gasteiger partial charge in [-0.05, 0) is 51.1 Å². The summed E-state index contributed by atoms with van der Waals surface area (Å²) >= 11 is 0. The largest absolute Gasteiger partial charge is 0.508 e. The maximum Gasteiger partial charge on any atom is 0.220 e. The lowest BCUT2D eigenvalue weighted by atomic mass is 9.85. The Morgan fingerprint density at radius 2 is 2.23 bits per heavy atom. The van der Waals surface area contributed by atoms with Crippen LogP contribution in [0, 0.1) is 11.3 Å². The molecule has 4 nitrogen and oxygen atoms in total. The lowest BCUT2D eigenvalue weighted by Gasteiger charge is -2.22. The molecule has 2 aliphatic heterocycles. The SMILES string of the molecule is CC(C)=CC(c1cc(C#N)ccc1O)C12C=CC=C(C)N1O2. The third-order valence-corrected chi connectivity index (χ3v) is 3.95. The first kappa shape index (κ1) is 14.4. The first-order valence-electron chi connectivity index (χ1n) is 7.21. The minimum absolute atomic E-state index is 0.173. The van der Waals surface area contributed by atoms with Gasteiger partial charge >= 0.3 is 0 Å². The quantitative estimate of drug-likeness (QED) is 0.681. The summed E-state index contributed by atoms with van der Waals surface area (Å²) in [4.78, 5) is 5.86. The van der Waals surface area contributed by atoms with Crippen molar-refractivity contribution in [1.82, 2.24) is 5.06 Å². The molecule has 2 unspecified atom stereocenters. The molecule has 1 fully saturated rings. The minimum atomic E-state index is -0.609. The first-order chi connectivity index (χ1) is 10.5. The van der Waals surface area contributed by atoms with Crippen LogP contribution >= 0.6 is 0 Å². The van der Waals surface area contributed by atoms with E-state index in [-0.39, 0.29) is 11.7 Å². The van der Waals surface area contributed by atoms with Gasteiger partial charge in [0.1, 0.15) is 5.75 Å². The molecule has 112 valence electrons. The summed E-state index contributed by atoms with van der Waals surface area (Å²) < 4.78 is 0. The molecule has 0 aromatic heterocycles. The number of fused-ring (bicyclic) bond motifs is 1. The molecule has 0 saturated carbocycles. The summed E-state index contributed by atoms with van der Waals surface area (Å²) in [5.74, 6) is -0.0161. The number of aromatic hydroxyl groups is 1. The highest BCUT2D eigenvalue weighted by Crippen LogP contribution is 2.54. The second kappa shape index (κ2) is 5.04. The Morgan fingerprint density at radius 3 is 2.91 bits per heavy atom. The molecular formula is C18H18N2O2. The van der Waals surface area contributed by atoms with Crippen LogP contribution in [0.4, 0.5) is 0 Å². The van der Waals surface area contributed by atoms with Gasteiger partial charge in [0.25, 0.3) is 0 Å². The van der Waals surface area contributed by atoms with Gasteiger partial charge in [-0.2, -0.15) is 5.26 Å². The fraction of sp³-hybridized carbons (Fsp3) is 0.278. The molecule has 2 heterocycles. The monoisotopic (exact) mass is 294 g/mol. The van der Waals surface area contributed by atoms with Gasteiger partial charge in [0.05, 0.1) is 17.6 Å². The van der Waals surface area contributed by atoms with Gasteiger partial charge in [0, 0.05) is 11.3 Å². The number of hydroxylamine groups is 2. The van der Waals surface area contributed by atoms with Crippen LogP contribution in [0.25, 0.3) is 0 Å². The number of hydrogen-bond acceptors (Lipinski definition) is 4. The van der Waals surface area contributed by atoms with Gasteiger partial charge in [0.15, 0.2) is 0 Å². The van der Waals surface area contributed by atoms with Crippen molar-refractivity contribution in [3.8, 4) is 11.8 Å². The molecule has 0 radical (unpaired) electrons. The maximum atomic E-state index is 10.3. The van der Waals surface area contributed by atoms with Crippen molar-refractivity contribution in [2.75, 3.05) is 0 Å². The van der Waals surface area contributed by atoms with E-state index in [0.29, 0.717) is 11.1 Å². The number of phenolic OH excluding ortho intramolecular Hbond substituents is 1. The molecule has 0 bridgehead atoms. The Balaban J connectivity index is 2.11. The van der Waals surface area contributed by atoms with Crippen LogP contribution in [0.15, 0.2) is 53.8 Å². The Labute approximate surface area is 130 Å². The zero-order chi connectivity index (χ0) is 15.9. The van der Waals surface area contributed by atoms with E-state index >= 15 is 0 Å². The van der Waals surface area contributed by atoms with Gasteiger partial charge in [-0.25, -0.2) is 9.90 Å². The predicted molar refractivity (Wildman–Crippen MR) is 83.5 cm³/mol. The van der Waals surface area contributed by atoms with Crippen molar-refractivity contribution >= 4 is 0 Å². The average molecular weight is 294 g/mol. The van der Waals surface area contributed by atoms with Crippen molar-refractivity contribution in [2.45, 2.75) is 32.4 Å². The number of nitrogens with zero attached hydrogens (tertiary/aromatic N) is 2. The van der Waals surface area contributed by atoms with E-state index in [9.17, 15) is 5.11 Å². The standard InChI is InChI=1S/C18H18N2O2/c1-12(2)9-16(15-10-14(11-19)6-7-17(15)21)18-8-4-5-13(3)20(18)22-18/h4-10,16,21H,1-3H3. The van der Waals surface area contributed by atoms with E-state index in [2.05, 4.69) is 12.1 Å². The Kier molecular flexibility index (Phi) is 3.31.